The van der Waals surface area contributed by atoms with Gasteiger partial charge in [-0.2, -0.15) is 0 Å². The van der Waals surface area contributed by atoms with Crippen molar-refractivity contribution in [2.24, 2.45) is 0 Å². The van der Waals surface area contributed by atoms with Crippen molar-refractivity contribution >= 4 is 22.8 Å². The Kier molecular flexibility index (Phi) is 6.33. The zero-order chi connectivity index (χ0) is 25.4. The molecule has 2 aromatic heterocycles. The normalized spacial score (nSPS) is 11.5. The van der Waals surface area contributed by atoms with Crippen LogP contribution in [0.2, 0.25) is 5.02 Å². The molecule has 0 aliphatic rings. The fourth-order valence-electron chi connectivity index (χ4n) is 4.28. The molecular formula is C28H24ClFN4O2. The highest BCUT2D eigenvalue weighted by molar-refractivity contribution is 6.30. The number of rotatable bonds is 6. The van der Waals surface area contributed by atoms with Gasteiger partial charge in [0.25, 0.3) is 5.56 Å². The van der Waals surface area contributed by atoms with Gasteiger partial charge in [0, 0.05) is 11.6 Å². The van der Waals surface area contributed by atoms with Crippen LogP contribution in [0, 0.1) is 5.82 Å². The largest absolute Gasteiger partial charge is 0.337 e. The van der Waals surface area contributed by atoms with Crippen LogP contribution in [-0.4, -0.2) is 18.7 Å². The van der Waals surface area contributed by atoms with Crippen LogP contribution in [0.1, 0.15) is 36.5 Å². The van der Waals surface area contributed by atoms with E-state index in [1.54, 1.807) is 29.1 Å². The Balaban J connectivity index is 1.73. The van der Waals surface area contributed by atoms with Gasteiger partial charge in [-0.25, -0.2) is 18.7 Å². The zero-order valence-corrected chi connectivity index (χ0v) is 20.6. The number of benzene rings is 3. The fourth-order valence-corrected chi connectivity index (χ4v) is 4.50. The molecule has 0 atom stereocenters. The molecule has 0 N–H and O–H groups in total. The van der Waals surface area contributed by atoms with E-state index < -0.39 is 11.2 Å². The van der Waals surface area contributed by atoms with Crippen molar-refractivity contribution in [2.75, 3.05) is 0 Å². The Morgan fingerprint density at radius 2 is 1.64 bits per heavy atom. The Hall–Kier alpha value is -3.97. The molecule has 0 spiro atoms. The SMILES string of the molecule is CC(C)c1ccc(-n2c(=O)n(Cc3ccc(F)cc3)c(=O)c3c2ncn3Cc2cccc(Cl)c2)cc1. The van der Waals surface area contributed by atoms with Crippen LogP contribution < -0.4 is 11.2 Å². The van der Waals surface area contributed by atoms with Crippen molar-refractivity contribution in [1.82, 2.24) is 18.7 Å². The monoisotopic (exact) mass is 502 g/mol. The average Bonchev–Trinajstić information content (AvgIpc) is 3.26. The molecule has 5 aromatic rings. The van der Waals surface area contributed by atoms with Crippen molar-refractivity contribution in [1.29, 1.82) is 0 Å². The highest BCUT2D eigenvalue weighted by atomic mass is 35.5. The van der Waals surface area contributed by atoms with Crippen LogP contribution in [0.4, 0.5) is 4.39 Å². The van der Waals surface area contributed by atoms with E-state index in [0.29, 0.717) is 34.3 Å². The lowest BCUT2D eigenvalue weighted by atomic mass is 10.0. The lowest BCUT2D eigenvalue weighted by molar-refractivity contribution is 0.624. The third kappa shape index (κ3) is 4.50. The number of halogens is 2. The van der Waals surface area contributed by atoms with Gasteiger partial charge < -0.3 is 4.57 Å². The quantitative estimate of drug-likeness (QED) is 0.314. The van der Waals surface area contributed by atoms with Crippen LogP contribution >= 0.6 is 11.6 Å². The molecule has 0 unspecified atom stereocenters. The molecule has 182 valence electrons. The summed E-state index contributed by atoms with van der Waals surface area (Å²) >= 11 is 6.16. The summed E-state index contributed by atoms with van der Waals surface area (Å²) in [6.45, 7) is 4.55. The molecule has 36 heavy (non-hydrogen) atoms. The first-order valence-electron chi connectivity index (χ1n) is 11.6. The first kappa shape index (κ1) is 23.8. The van der Waals surface area contributed by atoms with E-state index in [4.69, 9.17) is 11.6 Å². The van der Waals surface area contributed by atoms with Gasteiger partial charge in [0.15, 0.2) is 11.2 Å². The Morgan fingerprint density at radius 3 is 2.31 bits per heavy atom. The van der Waals surface area contributed by atoms with Gasteiger partial charge in [-0.1, -0.05) is 61.8 Å². The summed E-state index contributed by atoms with van der Waals surface area (Å²) in [7, 11) is 0. The van der Waals surface area contributed by atoms with Crippen molar-refractivity contribution in [3.05, 3.63) is 127 Å². The van der Waals surface area contributed by atoms with Gasteiger partial charge in [0.05, 0.1) is 18.6 Å². The summed E-state index contributed by atoms with van der Waals surface area (Å²) in [6.07, 6.45) is 1.56. The second-order valence-electron chi connectivity index (χ2n) is 9.06. The number of hydrogen-bond acceptors (Lipinski definition) is 3. The molecule has 0 aliphatic heterocycles. The van der Waals surface area contributed by atoms with Gasteiger partial charge >= 0.3 is 5.69 Å². The summed E-state index contributed by atoms with van der Waals surface area (Å²) in [5.41, 5.74) is 2.87. The zero-order valence-electron chi connectivity index (χ0n) is 19.9. The van der Waals surface area contributed by atoms with Crippen LogP contribution in [-0.2, 0) is 13.1 Å². The minimum atomic E-state index is -0.512. The van der Waals surface area contributed by atoms with E-state index in [0.717, 1.165) is 11.1 Å². The molecule has 0 bridgehead atoms. The number of fused-ring (bicyclic) bond motifs is 1. The van der Waals surface area contributed by atoms with E-state index in [1.165, 1.54) is 21.3 Å². The summed E-state index contributed by atoms with van der Waals surface area (Å²) in [5.74, 6) is -0.0519. The molecule has 3 aromatic carbocycles. The van der Waals surface area contributed by atoms with Crippen molar-refractivity contribution in [2.45, 2.75) is 32.9 Å². The number of aromatic nitrogens is 4. The maximum absolute atomic E-state index is 13.7. The van der Waals surface area contributed by atoms with E-state index >= 15 is 0 Å². The molecule has 0 fully saturated rings. The standard InChI is InChI=1S/C28H24ClFN4O2/c1-18(2)21-8-12-24(13-9-21)34-26-25(32(17-31-26)15-20-4-3-5-22(29)14-20)27(35)33(28(34)36)16-19-6-10-23(30)11-7-19/h3-14,17-18H,15-16H2,1-2H3. The molecule has 0 amide bonds. The van der Waals surface area contributed by atoms with Crippen molar-refractivity contribution in [3.63, 3.8) is 0 Å². The molecule has 0 aliphatic carbocycles. The first-order chi connectivity index (χ1) is 17.3. The van der Waals surface area contributed by atoms with Crippen molar-refractivity contribution < 1.29 is 4.39 Å². The molecular weight excluding hydrogens is 479 g/mol. The molecule has 0 saturated carbocycles. The topological polar surface area (TPSA) is 61.8 Å². The molecule has 0 radical (unpaired) electrons. The lowest BCUT2D eigenvalue weighted by Crippen LogP contribution is -2.40. The van der Waals surface area contributed by atoms with Gasteiger partial charge in [0.2, 0.25) is 0 Å². The van der Waals surface area contributed by atoms with Gasteiger partial charge in [-0.15, -0.1) is 0 Å². The average molecular weight is 503 g/mol. The van der Waals surface area contributed by atoms with Crippen LogP contribution in [0.3, 0.4) is 0 Å². The van der Waals surface area contributed by atoms with Gasteiger partial charge in [-0.05, 0) is 59.0 Å². The third-order valence-electron chi connectivity index (χ3n) is 6.21. The molecule has 6 nitrogen and oxygen atoms in total. The predicted molar refractivity (Wildman–Crippen MR) is 140 cm³/mol. The second kappa shape index (κ2) is 9.59. The minimum absolute atomic E-state index is 0.000307. The van der Waals surface area contributed by atoms with Gasteiger partial charge in [0.1, 0.15) is 5.82 Å². The smallest absolute Gasteiger partial charge is 0.320 e. The lowest BCUT2D eigenvalue weighted by Gasteiger charge is -2.14. The fraction of sp³-hybridized carbons (Fsp3) is 0.179. The van der Waals surface area contributed by atoms with Crippen LogP contribution in [0.25, 0.3) is 16.9 Å². The molecule has 0 saturated heterocycles. The van der Waals surface area contributed by atoms with E-state index in [9.17, 15) is 14.0 Å². The summed E-state index contributed by atoms with van der Waals surface area (Å²) in [4.78, 5) is 31.8. The van der Waals surface area contributed by atoms with E-state index in [-0.39, 0.29) is 18.0 Å². The Labute approximate surface area is 211 Å². The maximum Gasteiger partial charge on any atom is 0.337 e. The first-order valence-corrected chi connectivity index (χ1v) is 12.0. The highest BCUT2D eigenvalue weighted by Crippen LogP contribution is 2.20. The Bertz CT molecular complexity index is 1670. The number of hydrogen-bond donors (Lipinski definition) is 0. The van der Waals surface area contributed by atoms with Crippen molar-refractivity contribution in [3.8, 4) is 5.69 Å². The van der Waals surface area contributed by atoms with Crippen LogP contribution in [0.5, 0.6) is 0 Å². The Morgan fingerprint density at radius 1 is 0.917 bits per heavy atom. The predicted octanol–water partition coefficient (Wildman–Crippen LogP) is 5.36. The summed E-state index contributed by atoms with van der Waals surface area (Å²) in [5, 5.41) is 0.591. The van der Waals surface area contributed by atoms with E-state index in [2.05, 4.69) is 18.8 Å². The molecule has 5 rings (SSSR count). The summed E-state index contributed by atoms with van der Waals surface area (Å²) < 4.78 is 17.8. The molecule has 8 heteroatoms. The summed E-state index contributed by atoms with van der Waals surface area (Å²) in [6, 6.07) is 20.8. The maximum atomic E-state index is 13.7. The number of nitrogens with zero attached hydrogens (tertiary/aromatic N) is 4. The van der Waals surface area contributed by atoms with E-state index in [1.807, 2.05) is 42.5 Å². The van der Waals surface area contributed by atoms with Crippen LogP contribution in [0.15, 0.2) is 88.7 Å². The molecule has 2 heterocycles. The minimum Gasteiger partial charge on any atom is -0.320 e. The second-order valence-corrected chi connectivity index (χ2v) is 9.49. The number of imidazole rings is 1. The highest BCUT2D eigenvalue weighted by Gasteiger charge is 2.20. The van der Waals surface area contributed by atoms with Gasteiger partial charge in [-0.3, -0.25) is 9.36 Å². The third-order valence-corrected chi connectivity index (χ3v) is 6.45.